The number of nitrogens with zero attached hydrogens (tertiary/aromatic N) is 1. The Bertz CT molecular complexity index is 520. The number of benzene rings is 1. The molecule has 4 heteroatoms. The van der Waals surface area contributed by atoms with Gasteiger partial charge in [0.05, 0.1) is 5.56 Å². The van der Waals surface area contributed by atoms with Crippen LogP contribution in [0.25, 0.3) is 0 Å². The Labute approximate surface area is 144 Å². The van der Waals surface area contributed by atoms with Crippen molar-refractivity contribution in [2.75, 3.05) is 25.9 Å². The first-order chi connectivity index (χ1) is 11.3. The van der Waals surface area contributed by atoms with Crippen LogP contribution < -0.4 is 5.32 Å². The van der Waals surface area contributed by atoms with Crippen LogP contribution in [-0.2, 0) is 0 Å². The SMILES string of the molecule is CSc1ccccc1C(=O)NCC1CCN(C2CCCC2)CC1. The fraction of sp³-hybridized carbons (Fsp3) is 0.632. The number of amides is 1. The van der Waals surface area contributed by atoms with Gasteiger partial charge >= 0.3 is 0 Å². The van der Waals surface area contributed by atoms with Crippen molar-refractivity contribution < 1.29 is 4.79 Å². The summed E-state index contributed by atoms with van der Waals surface area (Å²) in [7, 11) is 0. The fourth-order valence-electron chi connectivity index (χ4n) is 3.96. The predicted octanol–water partition coefficient (Wildman–Crippen LogP) is 3.79. The summed E-state index contributed by atoms with van der Waals surface area (Å²) in [5.41, 5.74) is 0.809. The van der Waals surface area contributed by atoms with Gasteiger partial charge in [-0.05, 0) is 63.1 Å². The number of piperidine rings is 1. The van der Waals surface area contributed by atoms with E-state index in [0.29, 0.717) is 5.92 Å². The maximum atomic E-state index is 12.4. The van der Waals surface area contributed by atoms with Crippen LogP contribution in [0.15, 0.2) is 29.2 Å². The summed E-state index contributed by atoms with van der Waals surface area (Å²) in [6, 6.07) is 8.71. The molecule has 2 aliphatic rings. The van der Waals surface area contributed by atoms with Gasteiger partial charge < -0.3 is 10.2 Å². The van der Waals surface area contributed by atoms with E-state index in [-0.39, 0.29) is 5.91 Å². The number of hydrogen-bond acceptors (Lipinski definition) is 3. The average molecular weight is 333 g/mol. The second-order valence-electron chi connectivity index (χ2n) is 6.83. The van der Waals surface area contributed by atoms with Gasteiger partial charge in [-0.15, -0.1) is 11.8 Å². The van der Waals surface area contributed by atoms with E-state index in [1.165, 1.54) is 51.6 Å². The summed E-state index contributed by atoms with van der Waals surface area (Å²) in [5.74, 6) is 0.714. The summed E-state index contributed by atoms with van der Waals surface area (Å²) < 4.78 is 0. The van der Waals surface area contributed by atoms with Crippen LogP contribution in [0.2, 0.25) is 0 Å². The molecule has 1 aromatic rings. The quantitative estimate of drug-likeness (QED) is 0.833. The number of carbonyl (C=O) groups is 1. The van der Waals surface area contributed by atoms with Gasteiger partial charge in [0.25, 0.3) is 5.91 Å². The first kappa shape index (κ1) is 16.8. The molecule has 1 N–H and O–H groups in total. The Kier molecular flexibility index (Phi) is 6.01. The first-order valence-electron chi connectivity index (χ1n) is 8.93. The third kappa shape index (κ3) is 4.30. The number of carbonyl (C=O) groups excluding carboxylic acids is 1. The van der Waals surface area contributed by atoms with Crippen molar-refractivity contribution in [3.63, 3.8) is 0 Å². The Morgan fingerprint density at radius 1 is 1.17 bits per heavy atom. The molecule has 126 valence electrons. The molecule has 3 rings (SSSR count). The highest BCUT2D eigenvalue weighted by Crippen LogP contribution is 2.27. The minimum atomic E-state index is 0.0770. The molecule has 1 aliphatic heterocycles. The molecule has 3 nitrogen and oxygen atoms in total. The highest BCUT2D eigenvalue weighted by Gasteiger charge is 2.27. The Hall–Kier alpha value is -1.00. The fourth-order valence-corrected chi connectivity index (χ4v) is 4.55. The van der Waals surface area contributed by atoms with E-state index < -0.39 is 0 Å². The van der Waals surface area contributed by atoms with E-state index in [1.807, 2.05) is 30.5 Å². The van der Waals surface area contributed by atoms with Crippen molar-refractivity contribution in [1.82, 2.24) is 10.2 Å². The minimum Gasteiger partial charge on any atom is -0.352 e. The summed E-state index contributed by atoms with van der Waals surface area (Å²) in [6.45, 7) is 3.25. The van der Waals surface area contributed by atoms with Crippen molar-refractivity contribution >= 4 is 17.7 Å². The van der Waals surface area contributed by atoms with Crippen molar-refractivity contribution in [3.8, 4) is 0 Å². The van der Waals surface area contributed by atoms with Gasteiger partial charge in [-0.2, -0.15) is 0 Å². The summed E-state index contributed by atoms with van der Waals surface area (Å²) in [4.78, 5) is 16.2. The maximum absolute atomic E-state index is 12.4. The molecular formula is C19H28N2OS. The minimum absolute atomic E-state index is 0.0770. The van der Waals surface area contributed by atoms with E-state index in [0.717, 1.165) is 23.0 Å². The smallest absolute Gasteiger partial charge is 0.252 e. The van der Waals surface area contributed by atoms with E-state index >= 15 is 0 Å². The molecule has 1 amide bonds. The molecule has 0 atom stereocenters. The summed E-state index contributed by atoms with van der Waals surface area (Å²) in [5, 5.41) is 3.16. The number of likely N-dealkylation sites (tertiary alicyclic amines) is 1. The lowest BCUT2D eigenvalue weighted by Crippen LogP contribution is -2.42. The van der Waals surface area contributed by atoms with Crippen LogP contribution in [0.3, 0.4) is 0 Å². The first-order valence-corrected chi connectivity index (χ1v) is 10.2. The second kappa shape index (κ2) is 8.20. The lowest BCUT2D eigenvalue weighted by Gasteiger charge is -2.36. The van der Waals surface area contributed by atoms with Crippen LogP contribution in [-0.4, -0.2) is 42.7 Å². The lowest BCUT2D eigenvalue weighted by molar-refractivity contribution is 0.0922. The molecule has 2 fully saturated rings. The Morgan fingerprint density at radius 3 is 2.57 bits per heavy atom. The number of hydrogen-bond donors (Lipinski definition) is 1. The molecule has 0 bridgehead atoms. The maximum Gasteiger partial charge on any atom is 0.252 e. The van der Waals surface area contributed by atoms with Crippen molar-refractivity contribution in [2.45, 2.75) is 49.5 Å². The van der Waals surface area contributed by atoms with Gasteiger partial charge in [0.15, 0.2) is 0 Å². The zero-order valence-electron chi connectivity index (χ0n) is 14.1. The molecule has 23 heavy (non-hydrogen) atoms. The average Bonchev–Trinajstić information content (AvgIpc) is 3.14. The topological polar surface area (TPSA) is 32.3 Å². The number of rotatable bonds is 5. The van der Waals surface area contributed by atoms with Crippen LogP contribution in [0.4, 0.5) is 0 Å². The van der Waals surface area contributed by atoms with E-state index in [9.17, 15) is 4.79 Å². The molecule has 1 saturated heterocycles. The summed E-state index contributed by atoms with van der Waals surface area (Å²) in [6.07, 6.45) is 10.1. The highest BCUT2D eigenvalue weighted by atomic mass is 32.2. The molecule has 0 unspecified atom stereocenters. The molecule has 1 saturated carbocycles. The van der Waals surface area contributed by atoms with Crippen molar-refractivity contribution in [3.05, 3.63) is 29.8 Å². The molecule has 1 aliphatic carbocycles. The molecule has 0 radical (unpaired) electrons. The monoisotopic (exact) mass is 332 g/mol. The Morgan fingerprint density at radius 2 is 1.87 bits per heavy atom. The standard InChI is InChI=1S/C19H28N2OS/c1-23-18-9-5-4-8-17(18)19(22)20-14-15-10-12-21(13-11-15)16-6-2-3-7-16/h4-5,8-9,15-16H,2-3,6-7,10-14H2,1H3,(H,20,22). The number of thioether (sulfide) groups is 1. The van der Waals surface area contributed by atoms with Crippen LogP contribution >= 0.6 is 11.8 Å². The third-order valence-electron chi connectivity index (χ3n) is 5.39. The zero-order valence-corrected chi connectivity index (χ0v) is 14.9. The molecule has 1 aromatic carbocycles. The van der Waals surface area contributed by atoms with E-state index in [1.54, 1.807) is 11.8 Å². The normalized spacial score (nSPS) is 20.7. The second-order valence-corrected chi connectivity index (χ2v) is 7.68. The largest absolute Gasteiger partial charge is 0.352 e. The van der Waals surface area contributed by atoms with Crippen molar-refractivity contribution in [2.24, 2.45) is 5.92 Å². The molecule has 0 spiro atoms. The Balaban J connectivity index is 1.45. The van der Waals surface area contributed by atoms with Gasteiger partial charge in [-0.25, -0.2) is 0 Å². The van der Waals surface area contributed by atoms with Gasteiger partial charge in [-0.1, -0.05) is 25.0 Å². The van der Waals surface area contributed by atoms with Gasteiger partial charge in [-0.3, -0.25) is 4.79 Å². The van der Waals surface area contributed by atoms with Gasteiger partial charge in [0, 0.05) is 17.5 Å². The molecule has 0 aromatic heterocycles. The van der Waals surface area contributed by atoms with Crippen molar-refractivity contribution in [1.29, 1.82) is 0 Å². The van der Waals surface area contributed by atoms with Crippen LogP contribution in [0.1, 0.15) is 48.9 Å². The third-order valence-corrected chi connectivity index (χ3v) is 6.19. The summed E-state index contributed by atoms with van der Waals surface area (Å²) >= 11 is 1.63. The van der Waals surface area contributed by atoms with Gasteiger partial charge in [0.2, 0.25) is 0 Å². The molecule has 1 heterocycles. The van der Waals surface area contributed by atoms with Crippen LogP contribution in [0.5, 0.6) is 0 Å². The van der Waals surface area contributed by atoms with Crippen LogP contribution in [0, 0.1) is 5.92 Å². The predicted molar refractivity (Wildman–Crippen MR) is 97.1 cm³/mol. The molecular weight excluding hydrogens is 304 g/mol. The van der Waals surface area contributed by atoms with E-state index in [4.69, 9.17) is 0 Å². The highest BCUT2D eigenvalue weighted by molar-refractivity contribution is 7.98. The van der Waals surface area contributed by atoms with Gasteiger partial charge in [0.1, 0.15) is 0 Å². The van der Waals surface area contributed by atoms with E-state index in [2.05, 4.69) is 10.2 Å². The number of nitrogens with one attached hydrogen (secondary N) is 1. The zero-order chi connectivity index (χ0) is 16.1. The lowest BCUT2D eigenvalue weighted by atomic mass is 9.95.